The molecule has 2 heteroatoms. The molecule has 0 saturated heterocycles. The molecule has 2 rings (SSSR count). The van der Waals surface area contributed by atoms with Gasteiger partial charge in [-0.1, -0.05) is 29.8 Å². The van der Waals surface area contributed by atoms with E-state index in [1.54, 1.807) is 12.7 Å². The molecule has 0 aromatic heterocycles. The zero-order valence-corrected chi connectivity index (χ0v) is 12.8. The van der Waals surface area contributed by atoms with Gasteiger partial charge in [-0.25, -0.2) is 0 Å². The molecule has 0 spiro atoms. The van der Waals surface area contributed by atoms with Gasteiger partial charge in [0.2, 0.25) is 0 Å². The lowest BCUT2D eigenvalue weighted by Crippen LogP contribution is -2.29. The number of allylic oxidation sites excluding steroid dienone is 1. The van der Waals surface area contributed by atoms with Crippen LogP contribution in [0.1, 0.15) is 44.6 Å². The number of methoxy groups -OCH3 is 1. The van der Waals surface area contributed by atoms with Crippen LogP contribution in [0.5, 0.6) is 5.75 Å². The molecule has 0 heterocycles. The summed E-state index contributed by atoms with van der Waals surface area (Å²) in [6, 6.07) is 8.78. The van der Waals surface area contributed by atoms with Crippen molar-refractivity contribution in [3.63, 3.8) is 0 Å². The van der Waals surface area contributed by atoms with Gasteiger partial charge in [-0.3, -0.25) is 0 Å². The SMILES string of the molecule is COc1ccccc1CC(C)NCCC1=CCCCC1. The standard InChI is InChI=1S/C18H27NO/c1-15(14-17-10-6-7-11-18(17)20-2)19-13-12-16-8-4-3-5-9-16/h6-8,10-11,15,19H,3-5,9,12-14H2,1-2H3. The number of ether oxygens (including phenoxy) is 1. The molecule has 0 saturated carbocycles. The third-order valence-corrected chi connectivity index (χ3v) is 4.04. The summed E-state index contributed by atoms with van der Waals surface area (Å²) in [4.78, 5) is 0. The maximum atomic E-state index is 5.41. The molecule has 0 fully saturated rings. The van der Waals surface area contributed by atoms with Gasteiger partial charge in [-0.2, -0.15) is 0 Å². The van der Waals surface area contributed by atoms with Crippen molar-refractivity contribution in [2.45, 2.75) is 51.5 Å². The Morgan fingerprint density at radius 2 is 2.10 bits per heavy atom. The molecule has 1 aromatic rings. The minimum atomic E-state index is 0.482. The van der Waals surface area contributed by atoms with Gasteiger partial charge in [0.25, 0.3) is 0 Å². The van der Waals surface area contributed by atoms with E-state index in [9.17, 15) is 0 Å². The lowest BCUT2D eigenvalue weighted by molar-refractivity contribution is 0.406. The first-order chi connectivity index (χ1) is 9.79. The number of rotatable bonds is 7. The number of hydrogen-bond donors (Lipinski definition) is 1. The van der Waals surface area contributed by atoms with Crippen LogP contribution in [-0.4, -0.2) is 19.7 Å². The van der Waals surface area contributed by atoms with Gasteiger partial charge in [0.1, 0.15) is 5.75 Å². The molecule has 0 aliphatic heterocycles. The van der Waals surface area contributed by atoms with Crippen LogP contribution in [0.25, 0.3) is 0 Å². The quantitative estimate of drug-likeness (QED) is 0.755. The second-order valence-corrected chi connectivity index (χ2v) is 5.73. The topological polar surface area (TPSA) is 21.3 Å². The molecule has 0 radical (unpaired) electrons. The highest BCUT2D eigenvalue weighted by atomic mass is 16.5. The molecule has 0 bridgehead atoms. The molecule has 20 heavy (non-hydrogen) atoms. The van der Waals surface area contributed by atoms with Crippen LogP contribution in [0.4, 0.5) is 0 Å². The van der Waals surface area contributed by atoms with E-state index in [0.29, 0.717) is 6.04 Å². The van der Waals surface area contributed by atoms with Crippen LogP contribution in [0.3, 0.4) is 0 Å². The minimum Gasteiger partial charge on any atom is -0.496 e. The highest BCUT2D eigenvalue weighted by Gasteiger charge is 2.08. The molecular weight excluding hydrogens is 246 g/mol. The van der Waals surface area contributed by atoms with Gasteiger partial charge in [-0.15, -0.1) is 0 Å². The normalized spacial score (nSPS) is 16.6. The summed E-state index contributed by atoms with van der Waals surface area (Å²) < 4.78 is 5.41. The van der Waals surface area contributed by atoms with Crippen LogP contribution in [0, 0.1) is 0 Å². The number of nitrogens with one attached hydrogen (secondary N) is 1. The molecule has 0 amide bonds. The first-order valence-corrected chi connectivity index (χ1v) is 7.83. The van der Waals surface area contributed by atoms with Crippen LogP contribution in [-0.2, 0) is 6.42 Å². The molecule has 2 nitrogen and oxygen atoms in total. The van der Waals surface area contributed by atoms with Crippen molar-refractivity contribution < 1.29 is 4.74 Å². The first kappa shape index (κ1) is 15.1. The highest BCUT2D eigenvalue weighted by Crippen LogP contribution is 2.20. The lowest BCUT2D eigenvalue weighted by Gasteiger charge is -2.17. The Hall–Kier alpha value is -1.28. The van der Waals surface area contributed by atoms with Crippen molar-refractivity contribution in [1.82, 2.24) is 5.32 Å². The minimum absolute atomic E-state index is 0.482. The summed E-state index contributed by atoms with van der Waals surface area (Å²) in [7, 11) is 1.74. The molecule has 1 unspecified atom stereocenters. The van der Waals surface area contributed by atoms with Crippen molar-refractivity contribution in [3.8, 4) is 5.75 Å². The maximum absolute atomic E-state index is 5.41. The van der Waals surface area contributed by atoms with E-state index in [2.05, 4.69) is 30.4 Å². The van der Waals surface area contributed by atoms with E-state index >= 15 is 0 Å². The van der Waals surface area contributed by atoms with Crippen LogP contribution < -0.4 is 10.1 Å². The fourth-order valence-electron chi connectivity index (χ4n) is 2.88. The lowest BCUT2D eigenvalue weighted by atomic mass is 9.97. The Kier molecular flexibility index (Phi) is 6.13. The molecule has 1 aliphatic rings. The number of benzene rings is 1. The molecular formula is C18H27NO. The monoisotopic (exact) mass is 273 g/mol. The van der Waals surface area contributed by atoms with Gasteiger partial charge in [0.05, 0.1) is 7.11 Å². The molecule has 110 valence electrons. The Labute approximate surface area is 123 Å². The van der Waals surface area contributed by atoms with Crippen molar-refractivity contribution in [1.29, 1.82) is 0 Å². The van der Waals surface area contributed by atoms with Gasteiger partial charge in [0.15, 0.2) is 0 Å². The van der Waals surface area contributed by atoms with E-state index in [-0.39, 0.29) is 0 Å². The first-order valence-electron chi connectivity index (χ1n) is 7.83. The third-order valence-electron chi connectivity index (χ3n) is 4.04. The van der Waals surface area contributed by atoms with E-state index in [0.717, 1.165) is 18.7 Å². The average molecular weight is 273 g/mol. The summed E-state index contributed by atoms with van der Waals surface area (Å²) in [6.45, 7) is 3.34. The van der Waals surface area contributed by atoms with Crippen molar-refractivity contribution in [3.05, 3.63) is 41.5 Å². The van der Waals surface area contributed by atoms with E-state index in [1.807, 2.05) is 12.1 Å². The predicted molar refractivity (Wildman–Crippen MR) is 85.3 cm³/mol. The Balaban J connectivity index is 1.74. The van der Waals surface area contributed by atoms with Crippen LogP contribution in [0.2, 0.25) is 0 Å². The predicted octanol–water partition coefficient (Wildman–Crippen LogP) is 4.11. The van der Waals surface area contributed by atoms with Crippen molar-refractivity contribution in [2.24, 2.45) is 0 Å². The maximum Gasteiger partial charge on any atom is 0.122 e. The second kappa shape index (κ2) is 8.11. The molecule has 1 atom stereocenters. The Morgan fingerprint density at radius 1 is 1.25 bits per heavy atom. The molecule has 1 N–H and O–H groups in total. The fraction of sp³-hybridized carbons (Fsp3) is 0.556. The Morgan fingerprint density at radius 3 is 2.85 bits per heavy atom. The van der Waals surface area contributed by atoms with Crippen molar-refractivity contribution in [2.75, 3.05) is 13.7 Å². The molecule has 1 aromatic carbocycles. The number of hydrogen-bond acceptors (Lipinski definition) is 2. The van der Waals surface area contributed by atoms with Crippen molar-refractivity contribution >= 4 is 0 Å². The van der Waals surface area contributed by atoms with Gasteiger partial charge in [-0.05, 0) is 63.6 Å². The smallest absolute Gasteiger partial charge is 0.122 e. The van der Waals surface area contributed by atoms with E-state index in [1.165, 1.54) is 37.7 Å². The highest BCUT2D eigenvalue weighted by molar-refractivity contribution is 5.33. The third kappa shape index (κ3) is 4.68. The Bertz CT molecular complexity index is 439. The summed E-state index contributed by atoms with van der Waals surface area (Å²) in [5.41, 5.74) is 2.93. The van der Waals surface area contributed by atoms with Gasteiger partial charge in [0, 0.05) is 6.04 Å². The largest absolute Gasteiger partial charge is 0.496 e. The fourth-order valence-corrected chi connectivity index (χ4v) is 2.88. The van der Waals surface area contributed by atoms with Gasteiger partial charge >= 0.3 is 0 Å². The second-order valence-electron chi connectivity index (χ2n) is 5.73. The summed E-state index contributed by atoms with van der Waals surface area (Å²) in [6.07, 6.45) is 10.0. The zero-order chi connectivity index (χ0) is 14.2. The summed E-state index contributed by atoms with van der Waals surface area (Å²) in [5, 5.41) is 3.63. The van der Waals surface area contributed by atoms with E-state index < -0.39 is 0 Å². The molecule has 1 aliphatic carbocycles. The number of para-hydroxylation sites is 1. The van der Waals surface area contributed by atoms with Crippen LogP contribution in [0.15, 0.2) is 35.9 Å². The average Bonchev–Trinajstić information content (AvgIpc) is 2.49. The zero-order valence-electron chi connectivity index (χ0n) is 12.8. The van der Waals surface area contributed by atoms with Gasteiger partial charge < -0.3 is 10.1 Å². The van der Waals surface area contributed by atoms with Crippen LogP contribution >= 0.6 is 0 Å². The summed E-state index contributed by atoms with van der Waals surface area (Å²) in [5.74, 6) is 0.996. The van der Waals surface area contributed by atoms with E-state index in [4.69, 9.17) is 4.74 Å². The summed E-state index contributed by atoms with van der Waals surface area (Å²) >= 11 is 0.